The maximum absolute atomic E-state index is 13.0. The van der Waals surface area contributed by atoms with Crippen molar-refractivity contribution in [2.45, 2.75) is 51.7 Å². The first-order chi connectivity index (χ1) is 12.5. The predicted molar refractivity (Wildman–Crippen MR) is 94.6 cm³/mol. The van der Waals surface area contributed by atoms with Crippen molar-refractivity contribution >= 4 is 5.91 Å². The number of aryl methyl sites for hydroxylation is 1. The first-order valence-electron chi connectivity index (χ1n) is 9.37. The maximum Gasteiger partial charge on any atom is 0.274 e. The largest absolute Gasteiger partial charge is 0.369 e. The van der Waals surface area contributed by atoms with Crippen molar-refractivity contribution in [2.24, 2.45) is 13.0 Å². The molecule has 0 aliphatic carbocycles. The molecular weight excluding hydrogens is 332 g/mol. The fraction of sp³-hybridized carbons (Fsp3) is 0.667. The minimum absolute atomic E-state index is 0.0417. The van der Waals surface area contributed by atoms with E-state index in [1.807, 2.05) is 30.4 Å². The van der Waals surface area contributed by atoms with Gasteiger partial charge >= 0.3 is 0 Å². The van der Waals surface area contributed by atoms with Gasteiger partial charge in [0.05, 0.1) is 17.9 Å². The van der Waals surface area contributed by atoms with Gasteiger partial charge in [-0.05, 0) is 32.6 Å². The first-order valence-corrected chi connectivity index (χ1v) is 9.37. The molecule has 2 atom stereocenters. The van der Waals surface area contributed by atoms with E-state index >= 15 is 0 Å². The highest BCUT2D eigenvalue weighted by atomic mass is 16.5. The number of hydrogen-bond donors (Lipinski definition) is 1. The van der Waals surface area contributed by atoms with Crippen LogP contribution in [0.3, 0.4) is 0 Å². The molecule has 2 aromatic rings. The summed E-state index contributed by atoms with van der Waals surface area (Å²) in [4.78, 5) is 14.9. The predicted octanol–water partition coefficient (Wildman–Crippen LogP) is 1.66. The highest BCUT2D eigenvalue weighted by Gasteiger charge is 2.32. The van der Waals surface area contributed by atoms with Gasteiger partial charge in [-0.15, -0.1) is 10.2 Å². The van der Waals surface area contributed by atoms with Crippen LogP contribution in [0.25, 0.3) is 0 Å². The van der Waals surface area contributed by atoms with E-state index in [0.717, 1.165) is 55.9 Å². The molecule has 0 radical (unpaired) electrons. The Morgan fingerprint density at radius 3 is 2.81 bits per heavy atom. The number of piperidine rings is 1. The van der Waals surface area contributed by atoms with Crippen molar-refractivity contribution in [1.82, 2.24) is 29.9 Å². The molecule has 2 aliphatic heterocycles. The molecule has 2 aromatic heterocycles. The second-order valence-electron chi connectivity index (χ2n) is 7.56. The third-order valence-electron chi connectivity index (χ3n) is 5.61. The Hall–Kier alpha value is -2.22. The number of amides is 1. The van der Waals surface area contributed by atoms with Crippen LogP contribution in [0.5, 0.6) is 0 Å². The summed E-state index contributed by atoms with van der Waals surface area (Å²) in [6, 6.07) is 0. The van der Waals surface area contributed by atoms with Crippen LogP contribution < -0.4 is 0 Å². The van der Waals surface area contributed by atoms with E-state index in [1.54, 1.807) is 6.33 Å². The minimum Gasteiger partial charge on any atom is -0.369 e. The highest BCUT2D eigenvalue weighted by molar-refractivity contribution is 5.94. The molecule has 4 rings (SSSR count). The molecule has 140 valence electrons. The summed E-state index contributed by atoms with van der Waals surface area (Å²) in [7, 11) is 1.97. The SMILES string of the molecule is C[C@@H]1Cc2c(C(=O)N3CCC(Cc4nncn4C)CC3)n[nH]c2[C@H](C)O1. The maximum atomic E-state index is 13.0. The van der Waals surface area contributed by atoms with Gasteiger partial charge in [0.1, 0.15) is 12.2 Å². The standard InChI is InChI=1S/C18H26N6O2/c1-11-8-14-16(12(2)26-11)21-22-17(14)18(25)24-6-4-13(5-7-24)9-15-20-19-10-23(15)3/h10-13H,4-9H2,1-3H3,(H,21,22)/t11-,12+/m1/s1. The van der Waals surface area contributed by atoms with E-state index in [1.165, 1.54) is 0 Å². The summed E-state index contributed by atoms with van der Waals surface area (Å²) in [5, 5.41) is 15.5. The number of hydrogen-bond acceptors (Lipinski definition) is 5. The smallest absolute Gasteiger partial charge is 0.274 e. The molecule has 0 saturated carbocycles. The van der Waals surface area contributed by atoms with Crippen molar-refractivity contribution in [3.05, 3.63) is 29.1 Å². The zero-order valence-electron chi connectivity index (χ0n) is 15.6. The molecular formula is C18H26N6O2. The van der Waals surface area contributed by atoms with Gasteiger partial charge in [0.2, 0.25) is 0 Å². The Balaban J connectivity index is 1.41. The number of likely N-dealkylation sites (tertiary alicyclic amines) is 1. The zero-order chi connectivity index (χ0) is 18.3. The molecule has 4 heterocycles. The Morgan fingerprint density at radius 1 is 1.35 bits per heavy atom. The molecule has 1 saturated heterocycles. The zero-order valence-corrected chi connectivity index (χ0v) is 15.6. The Kier molecular flexibility index (Phi) is 4.52. The molecule has 26 heavy (non-hydrogen) atoms. The number of aromatic nitrogens is 5. The lowest BCUT2D eigenvalue weighted by atomic mass is 9.92. The van der Waals surface area contributed by atoms with Crippen LogP contribution in [0.2, 0.25) is 0 Å². The Bertz CT molecular complexity index is 789. The van der Waals surface area contributed by atoms with Crippen molar-refractivity contribution in [2.75, 3.05) is 13.1 Å². The van der Waals surface area contributed by atoms with E-state index < -0.39 is 0 Å². The molecule has 1 fully saturated rings. The van der Waals surface area contributed by atoms with Crippen molar-refractivity contribution < 1.29 is 9.53 Å². The van der Waals surface area contributed by atoms with Crippen LogP contribution in [-0.2, 0) is 24.6 Å². The number of H-pyrrole nitrogens is 1. The highest BCUT2D eigenvalue weighted by Crippen LogP contribution is 2.31. The number of nitrogens with zero attached hydrogens (tertiary/aromatic N) is 5. The second-order valence-corrected chi connectivity index (χ2v) is 7.56. The van der Waals surface area contributed by atoms with Crippen LogP contribution in [0.4, 0.5) is 0 Å². The third kappa shape index (κ3) is 3.13. The summed E-state index contributed by atoms with van der Waals surface area (Å²) in [5.41, 5.74) is 2.56. The van der Waals surface area contributed by atoms with Crippen molar-refractivity contribution in [3.63, 3.8) is 0 Å². The fourth-order valence-corrected chi connectivity index (χ4v) is 4.09. The number of rotatable bonds is 3. The van der Waals surface area contributed by atoms with Gasteiger partial charge in [-0.25, -0.2) is 0 Å². The van der Waals surface area contributed by atoms with Gasteiger partial charge in [0.25, 0.3) is 5.91 Å². The van der Waals surface area contributed by atoms with Gasteiger partial charge in [-0.2, -0.15) is 5.10 Å². The van der Waals surface area contributed by atoms with E-state index in [2.05, 4.69) is 20.4 Å². The second kappa shape index (κ2) is 6.83. The van der Waals surface area contributed by atoms with E-state index in [0.29, 0.717) is 11.6 Å². The normalized spacial score (nSPS) is 23.9. The number of aromatic amines is 1. The van der Waals surface area contributed by atoms with Gasteiger partial charge in [-0.3, -0.25) is 9.89 Å². The summed E-state index contributed by atoms with van der Waals surface area (Å²) in [5.74, 6) is 1.60. The van der Waals surface area contributed by atoms with Gasteiger partial charge < -0.3 is 14.2 Å². The van der Waals surface area contributed by atoms with E-state index in [9.17, 15) is 4.79 Å². The fourth-order valence-electron chi connectivity index (χ4n) is 4.09. The quantitative estimate of drug-likeness (QED) is 0.901. The molecule has 8 nitrogen and oxygen atoms in total. The minimum atomic E-state index is -0.0417. The summed E-state index contributed by atoms with van der Waals surface area (Å²) in [6.45, 7) is 5.58. The Labute approximate surface area is 152 Å². The van der Waals surface area contributed by atoms with Crippen LogP contribution in [-0.4, -0.2) is 55.0 Å². The number of carbonyl (C=O) groups is 1. The lowest BCUT2D eigenvalue weighted by Crippen LogP contribution is -2.40. The van der Waals surface area contributed by atoms with Gasteiger partial charge in [0.15, 0.2) is 5.69 Å². The molecule has 8 heteroatoms. The number of nitrogens with one attached hydrogen (secondary N) is 1. The third-order valence-corrected chi connectivity index (χ3v) is 5.61. The van der Waals surface area contributed by atoms with E-state index in [4.69, 9.17) is 4.74 Å². The first kappa shape index (κ1) is 17.2. The molecule has 0 bridgehead atoms. The van der Waals surface area contributed by atoms with Gasteiger partial charge in [-0.1, -0.05) is 0 Å². The summed E-state index contributed by atoms with van der Waals surface area (Å²) in [6.07, 6.45) is 5.43. The monoisotopic (exact) mass is 358 g/mol. The molecule has 1 amide bonds. The van der Waals surface area contributed by atoms with Crippen molar-refractivity contribution in [3.8, 4) is 0 Å². The summed E-state index contributed by atoms with van der Waals surface area (Å²) >= 11 is 0. The average molecular weight is 358 g/mol. The van der Waals surface area contributed by atoms with E-state index in [-0.39, 0.29) is 18.1 Å². The van der Waals surface area contributed by atoms with Crippen LogP contribution in [0.1, 0.15) is 60.4 Å². The van der Waals surface area contributed by atoms with Crippen molar-refractivity contribution in [1.29, 1.82) is 0 Å². The number of fused-ring (bicyclic) bond motifs is 1. The topological polar surface area (TPSA) is 88.9 Å². The van der Waals surface area contributed by atoms with Gasteiger partial charge in [0, 0.05) is 38.5 Å². The number of carbonyl (C=O) groups excluding carboxylic acids is 1. The molecule has 2 aliphatic rings. The lowest BCUT2D eigenvalue weighted by Gasteiger charge is -2.32. The molecule has 0 aromatic carbocycles. The lowest BCUT2D eigenvalue weighted by molar-refractivity contribution is -0.00703. The molecule has 0 spiro atoms. The average Bonchev–Trinajstić information content (AvgIpc) is 3.22. The number of ether oxygens (including phenoxy) is 1. The van der Waals surface area contributed by atoms with Crippen LogP contribution in [0, 0.1) is 5.92 Å². The van der Waals surface area contributed by atoms with Crippen LogP contribution in [0.15, 0.2) is 6.33 Å². The Morgan fingerprint density at radius 2 is 2.12 bits per heavy atom. The molecule has 0 unspecified atom stereocenters. The van der Waals surface area contributed by atoms with Crippen LogP contribution >= 0.6 is 0 Å². The summed E-state index contributed by atoms with van der Waals surface area (Å²) < 4.78 is 7.79. The molecule has 1 N–H and O–H groups in total.